The standard InChI is InChI=1S/C19H14BrClN2O5/c1-11-8-13(23(25)26)3-5-16(11)22-19(24)18-7-4-14(28-18)10-27-17-6-2-12(20)9-15(17)21/h2-9H,10H2,1H3,(H,22,24). The summed E-state index contributed by atoms with van der Waals surface area (Å²) in [7, 11) is 0. The van der Waals surface area contributed by atoms with Gasteiger partial charge in [0.2, 0.25) is 0 Å². The van der Waals surface area contributed by atoms with Gasteiger partial charge >= 0.3 is 0 Å². The van der Waals surface area contributed by atoms with Crippen LogP contribution in [-0.4, -0.2) is 10.8 Å². The SMILES string of the molecule is Cc1cc([N+](=O)[O-])ccc1NC(=O)c1ccc(COc2ccc(Br)cc2Cl)o1. The first-order valence-corrected chi connectivity index (χ1v) is 9.23. The lowest BCUT2D eigenvalue weighted by atomic mass is 10.2. The number of aryl methyl sites for hydroxylation is 1. The monoisotopic (exact) mass is 464 g/mol. The summed E-state index contributed by atoms with van der Waals surface area (Å²) >= 11 is 9.41. The zero-order valence-electron chi connectivity index (χ0n) is 14.6. The molecule has 1 aromatic heterocycles. The van der Waals surface area contributed by atoms with Crippen LogP contribution in [0.2, 0.25) is 5.02 Å². The second-order valence-corrected chi connectivity index (χ2v) is 7.16. The van der Waals surface area contributed by atoms with Gasteiger partial charge in [0.1, 0.15) is 18.1 Å². The highest BCUT2D eigenvalue weighted by Gasteiger charge is 2.15. The molecule has 0 atom stereocenters. The van der Waals surface area contributed by atoms with Crippen molar-refractivity contribution >= 4 is 44.8 Å². The van der Waals surface area contributed by atoms with Gasteiger partial charge in [-0.05, 0) is 48.9 Å². The number of furan rings is 1. The quantitative estimate of drug-likeness (QED) is 0.370. The fraction of sp³-hybridized carbons (Fsp3) is 0.105. The summed E-state index contributed by atoms with van der Waals surface area (Å²) in [5, 5.41) is 13.9. The Bertz CT molecular complexity index is 1050. The number of anilines is 1. The molecule has 7 nitrogen and oxygen atoms in total. The van der Waals surface area contributed by atoms with Crippen molar-refractivity contribution in [3.05, 3.63) is 85.2 Å². The number of hydrogen-bond acceptors (Lipinski definition) is 5. The van der Waals surface area contributed by atoms with E-state index in [2.05, 4.69) is 21.2 Å². The number of amides is 1. The predicted molar refractivity (Wildman–Crippen MR) is 108 cm³/mol. The number of nitrogens with one attached hydrogen (secondary N) is 1. The molecule has 0 aliphatic carbocycles. The summed E-state index contributed by atoms with van der Waals surface area (Å²) in [5.74, 6) is 0.571. The highest BCUT2D eigenvalue weighted by atomic mass is 79.9. The van der Waals surface area contributed by atoms with Crippen LogP contribution in [0.3, 0.4) is 0 Å². The van der Waals surface area contributed by atoms with E-state index in [1.807, 2.05) is 0 Å². The van der Waals surface area contributed by atoms with Gasteiger partial charge in [-0.2, -0.15) is 0 Å². The number of nitro groups is 1. The van der Waals surface area contributed by atoms with Gasteiger partial charge in [0, 0.05) is 22.3 Å². The third kappa shape index (κ3) is 4.71. The van der Waals surface area contributed by atoms with Crippen LogP contribution in [0.25, 0.3) is 0 Å². The zero-order valence-corrected chi connectivity index (χ0v) is 16.9. The third-order valence-electron chi connectivity index (χ3n) is 3.82. The maximum absolute atomic E-state index is 12.4. The van der Waals surface area contributed by atoms with Crippen molar-refractivity contribution in [2.75, 3.05) is 5.32 Å². The Morgan fingerprint density at radius 3 is 2.71 bits per heavy atom. The molecule has 0 bridgehead atoms. The normalized spacial score (nSPS) is 10.5. The molecule has 0 spiro atoms. The van der Waals surface area contributed by atoms with Crippen molar-refractivity contribution in [1.29, 1.82) is 0 Å². The summed E-state index contributed by atoms with van der Waals surface area (Å²) < 4.78 is 11.9. The number of nitro benzene ring substituents is 1. The van der Waals surface area contributed by atoms with Crippen molar-refractivity contribution in [3.63, 3.8) is 0 Å². The van der Waals surface area contributed by atoms with Gasteiger partial charge < -0.3 is 14.5 Å². The fourth-order valence-corrected chi connectivity index (χ4v) is 3.13. The van der Waals surface area contributed by atoms with Gasteiger partial charge in [0.05, 0.1) is 9.95 Å². The Kier molecular flexibility index (Phi) is 6.01. The first-order chi connectivity index (χ1) is 13.3. The molecule has 0 saturated carbocycles. The Hall–Kier alpha value is -2.84. The van der Waals surface area contributed by atoms with Crippen molar-refractivity contribution in [2.45, 2.75) is 13.5 Å². The maximum atomic E-state index is 12.4. The number of carbonyl (C=O) groups excluding carboxylic acids is 1. The molecule has 3 aromatic rings. The van der Waals surface area contributed by atoms with Gasteiger partial charge in [-0.1, -0.05) is 27.5 Å². The summed E-state index contributed by atoms with van der Waals surface area (Å²) in [5.41, 5.74) is 0.994. The first kappa shape index (κ1) is 19.9. The maximum Gasteiger partial charge on any atom is 0.291 e. The summed E-state index contributed by atoms with van der Waals surface area (Å²) in [6.45, 7) is 1.77. The van der Waals surface area contributed by atoms with E-state index >= 15 is 0 Å². The minimum absolute atomic E-state index is 0.0421. The molecule has 1 amide bonds. The van der Waals surface area contributed by atoms with Crippen LogP contribution in [-0.2, 0) is 6.61 Å². The molecule has 28 heavy (non-hydrogen) atoms. The fourth-order valence-electron chi connectivity index (χ4n) is 2.40. The number of non-ortho nitro benzene ring substituents is 1. The smallest absolute Gasteiger partial charge is 0.291 e. The van der Waals surface area contributed by atoms with Crippen LogP contribution in [0.15, 0.2) is 57.4 Å². The molecule has 144 valence electrons. The minimum atomic E-state index is -0.491. The third-order valence-corrected chi connectivity index (χ3v) is 4.61. The van der Waals surface area contributed by atoms with Crippen LogP contribution < -0.4 is 10.1 Å². The van der Waals surface area contributed by atoms with E-state index in [0.717, 1.165) is 4.47 Å². The topological polar surface area (TPSA) is 94.6 Å². The number of nitrogens with zero attached hydrogens (tertiary/aromatic N) is 1. The van der Waals surface area contributed by atoms with Crippen molar-refractivity contribution in [2.24, 2.45) is 0 Å². The number of halogens is 2. The van der Waals surface area contributed by atoms with E-state index in [-0.39, 0.29) is 18.1 Å². The van der Waals surface area contributed by atoms with Crippen LogP contribution in [0.1, 0.15) is 21.9 Å². The molecule has 9 heteroatoms. The van der Waals surface area contributed by atoms with E-state index in [9.17, 15) is 14.9 Å². The number of benzene rings is 2. The van der Waals surface area contributed by atoms with E-state index in [1.54, 1.807) is 31.2 Å². The highest BCUT2D eigenvalue weighted by molar-refractivity contribution is 9.10. The van der Waals surface area contributed by atoms with Crippen molar-refractivity contribution in [1.82, 2.24) is 0 Å². The molecular formula is C19H14BrClN2O5. The largest absolute Gasteiger partial charge is 0.484 e. The Morgan fingerprint density at radius 1 is 1.25 bits per heavy atom. The average molecular weight is 466 g/mol. The van der Waals surface area contributed by atoms with Gasteiger partial charge in [-0.15, -0.1) is 0 Å². The summed E-state index contributed by atoms with van der Waals surface area (Å²) in [6, 6.07) is 12.6. The van der Waals surface area contributed by atoms with Gasteiger partial charge in [-0.3, -0.25) is 14.9 Å². The Labute approximate surface area is 173 Å². The number of rotatable bonds is 6. The van der Waals surface area contributed by atoms with Crippen LogP contribution in [0.5, 0.6) is 5.75 Å². The molecule has 2 aromatic carbocycles. The Morgan fingerprint density at radius 2 is 2.04 bits per heavy atom. The van der Waals surface area contributed by atoms with E-state index in [0.29, 0.717) is 27.8 Å². The second-order valence-electron chi connectivity index (χ2n) is 5.84. The number of carbonyl (C=O) groups is 1. The molecule has 0 aliphatic rings. The molecular weight excluding hydrogens is 452 g/mol. The first-order valence-electron chi connectivity index (χ1n) is 8.06. The highest BCUT2D eigenvalue weighted by Crippen LogP contribution is 2.28. The van der Waals surface area contributed by atoms with Crippen LogP contribution >= 0.6 is 27.5 Å². The second kappa shape index (κ2) is 8.45. The lowest BCUT2D eigenvalue weighted by Gasteiger charge is -2.07. The molecule has 0 aliphatic heterocycles. The summed E-state index contributed by atoms with van der Waals surface area (Å²) in [6.07, 6.45) is 0. The number of ether oxygens (including phenoxy) is 1. The van der Waals surface area contributed by atoms with Gasteiger partial charge in [0.15, 0.2) is 5.76 Å². The van der Waals surface area contributed by atoms with Gasteiger partial charge in [-0.25, -0.2) is 0 Å². The number of hydrogen-bond donors (Lipinski definition) is 1. The Balaban J connectivity index is 1.64. The van der Waals surface area contributed by atoms with Gasteiger partial charge in [0.25, 0.3) is 11.6 Å². The molecule has 1 heterocycles. The molecule has 0 saturated heterocycles. The van der Waals surface area contributed by atoms with E-state index < -0.39 is 10.8 Å². The molecule has 1 N–H and O–H groups in total. The molecule has 0 unspecified atom stereocenters. The average Bonchev–Trinajstić information content (AvgIpc) is 3.11. The summed E-state index contributed by atoms with van der Waals surface area (Å²) in [4.78, 5) is 22.7. The van der Waals surface area contributed by atoms with Crippen LogP contribution in [0.4, 0.5) is 11.4 Å². The zero-order chi connectivity index (χ0) is 20.3. The lowest BCUT2D eigenvalue weighted by Crippen LogP contribution is -2.12. The minimum Gasteiger partial charge on any atom is -0.484 e. The molecule has 0 radical (unpaired) electrons. The molecule has 0 fully saturated rings. The van der Waals surface area contributed by atoms with Crippen LogP contribution in [0, 0.1) is 17.0 Å². The van der Waals surface area contributed by atoms with E-state index in [4.69, 9.17) is 20.8 Å². The van der Waals surface area contributed by atoms with Crippen molar-refractivity contribution < 1.29 is 18.9 Å². The molecule has 3 rings (SSSR count). The van der Waals surface area contributed by atoms with Crippen molar-refractivity contribution in [3.8, 4) is 5.75 Å². The lowest BCUT2D eigenvalue weighted by molar-refractivity contribution is -0.384. The predicted octanol–water partition coefficient (Wildman–Crippen LogP) is 5.74. The van der Waals surface area contributed by atoms with E-state index in [1.165, 1.54) is 24.3 Å².